The summed E-state index contributed by atoms with van der Waals surface area (Å²) in [5.74, 6) is -2.03. The first-order valence-corrected chi connectivity index (χ1v) is 8.10. The van der Waals surface area contributed by atoms with Gasteiger partial charge in [-0.3, -0.25) is 4.57 Å². The Balaban J connectivity index is 3.17. The first-order chi connectivity index (χ1) is 5.42. The van der Waals surface area contributed by atoms with Gasteiger partial charge in [0.15, 0.2) is 0 Å². The van der Waals surface area contributed by atoms with Gasteiger partial charge in [-0.05, 0) is 34.8 Å². The molecule has 0 aromatic heterocycles. The molecule has 4 heteroatoms. The van der Waals surface area contributed by atoms with Crippen LogP contribution in [0.2, 0.25) is 0 Å². The van der Waals surface area contributed by atoms with Crippen LogP contribution in [0.3, 0.4) is 0 Å². The molecule has 0 atom stereocenters. The van der Waals surface area contributed by atoms with Gasteiger partial charge < -0.3 is 0 Å². The van der Waals surface area contributed by atoms with E-state index in [2.05, 4.69) is 13.8 Å². The van der Waals surface area contributed by atoms with Gasteiger partial charge in [0, 0.05) is 6.16 Å². The smallest absolute Gasteiger partial charge is 0.253 e. The molecule has 0 aromatic carbocycles. The lowest BCUT2D eigenvalue weighted by Gasteiger charge is -2.04. The molecule has 0 saturated carbocycles. The van der Waals surface area contributed by atoms with Crippen LogP contribution in [0.1, 0.15) is 39.5 Å². The van der Waals surface area contributed by atoms with Crippen molar-refractivity contribution in [2.45, 2.75) is 39.5 Å². The van der Waals surface area contributed by atoms with E-state index in [9.17, 15) is 4.57 Å². The van der Waals surface area contributed by atoms with Crippen LogP contribution in [-0.4, -0.2) is 6.16 Å². The maximum absolute atomic E-state index is 10.8. The summed E-state index contributed by atoms with van der Waals surface area (Å²) in [4.78, 5) is 0. The zero-order valence-corrected chi connectivity index (χ0v) is 10.1. The molecule has 0 unspecified atom stereocenters. The Bertz CT molecular complexity index is 153. The van der Waals surface area contributed by atoms with E-state index in [-0.39, 0.29) is 0 Å². The number of halogens is 2. The quantitative estimate of drug-likeness (QED) is 0.470. The van der Waals surface area contributed by atoms with E-state index in [0.29, 0.717) is 6.16 Å². The first kappa shape index (κ1) is 12.8. The van der Waals surface area contributed by atoms with Crippen LogP contribution in [0.25, 0.3) is 0 Å². The number of hydrogen-bond acceptors (Lipinski definition) is 1. The molecular formula is C8H17Cl2OP. The van der Waals surface area contributed by atoms with Crippen molar-refractivity contribution >= 4 is 28.3 Å². The summed E-state index contributed by atoms with van der Waals surface area (Å²) >= 11 is 10.8. The number of rotatable bonds is 6. The van der Waals surface area contributed by atoms with E-state index < -0.39 is 5.85 Å². The van der Waals surface area contributed by atoms with E-state index in [1.165, 1.54) is 12.8 Å². The fourth-order valence-electron chi connectivity index (χ4n) is 1.03. The van der Waals surface area contributed by atoms with Crippen LogP contribution in [0.4, 0.5) is 0 Å². The third kappa shape index (κ3) is 10.8. The van der Waals surface area contributed by atoms with Crippen LogP contribution >= 0.6 is 28.3 Å². The Labute approximate surface area is 84.8 Å². The molecule has 0 rings (SSSR count). The lowest BCUT2D eigenvalue weighted by Crippen LogP contribution is -1.88. The van der Waals surface area contributed by atoms with Gasteiger partial charge in [0.05, 0.1) is 0 Å². The van der Waals surface area contributed by atoms with Gasteiger partial charge in [-0.25, -0.2) is 0 Å². The zero-order valence-electron chi connectivity index (χ0n) is 7.72. The van der Waals surface area contributed by atoms with Crippen molar-refractivity contribution in [2.24, 2.45) is 5.92 Å². The predicted octanol–water partition coefficient (Wildman–Crippen LogP) is 4.87. The first-order valence-electron chi connectivity index (χ1n) is 4.40. The average molecular weight is 231 g/mol. The fraction of sp³-hybridized carbons (Fsp3) is 1.00. The van der Waals surface area contributed by atoms with Crippen molar-refractivity contribution in [1.82, 2.24) is 0 Å². The molecule has 0 aliphatic rings. The third-order valence-electron chi connectivity index (χ3n) is 1.70. The van der Waals surface area contributed by atoms with Crippen LogP contribution in [0.15, 0.2) is 0 Å². The lowest BCUT2D eigenvalue weighted by molar-refractivity contribution is 0.533. The number of unbranched alkanes of at least 4 members (excludes halogenated alkanes) is 2. The van der Waals surface area contributed by atoms with Gasteiger partial charge in [-0.15, -0.1) is 0 Å². The standard InChI is InChI=1S/C8H17Cl2OP/c1-8(2)6-4-3-5-7-12(9,10)11/h8H,3-7H2,1-2H3. The summed E-state index contributed by atoms with van der Waals surface area (Å²) in [7, 11) is 0. The molecule has 0 saturated heterocycles. The summed E-state index contributed by atoms with van der Waals surface area (Å²) in [6.45, 7) is 4.40. The molecule has 0 amide bonds. The van der Waals surface area contributed by atoms with Crippen molar-refractivity contribution < 1.29 is 4.57 Å². The molecule has 0 fully saturated rings. The van der Waals surface area contributed by atoms with E-state index in [4.69, 9.17) is 22.5 Å². The summed E-state index contributed by atoms with van der Waals surface area (Å²) < 4.78 is 10.8. The summed E-state index contributed by atoms with van der Waals surface area (Å²) in [5, 5.41) is 0. The van der Waals surface area contributed by atoms with E-state index in [1.807, 2.05) is 0 Å². The van der Waals surface area contributed by atoms with Crippen molar-refractivity contribution in [3.8, 4) is 0 Å². The molecule has 0 aliphatic carbocycles. The maximum Gasteiger partial charge on any atom is 0.253 e. The summed E-state index contributed by atoms with van der Waals surface area (Å²) in [6.07, 6.45) is 4.85. The number of hydrogen-bond donors (Lipinski definition) is 0. The second-order valence-electron chi connectivity index (χ2n) is 3.54. The molecule has 74 valence electrons. The second-order valence-corrected chi connectivity index (χ2v) is 8.92. The third-order valence-corrected chi connectivity index (χ3v) is 3.55. The Morgan fingerprint density at radius 3 is 2.17 bits per heavy atom. The minimum absolute atomic E-state index is 0.466. The Morgan fingerprint density at radius 1 is 1.17 bits per heavy atom. The van der Waals surface area contributed by atoms with Gasteiger partial charge >= 0.3 is 0 Å². The fourth-order valence-corrected chi connectivity index (χ4v) is 2.33. The normalized spacial score (nSPS) is 12.4. The van der Waals surface area contributed by atoms with Gasteiger partial charge in [0.25, 0.3) is 5.85 Å². The molecule has 12 heavy (non-hydrogen) atoms. The summed E-state index contributed by atoms with van der Waals surface area (Å²) in [6, 6.07) is 0. The Hall–Kier alpha value is 0.810. The van der Waals surface area contributed by atoms with Gasteiger partial charge in [0.1, 0.15) is 0 Å². The molecule has 0 spiro atoms. The zero-order chi connectivity index (χ0) is 9.61. The Morgan fingerprint density at radius 2 is 1.75 bits per heavy atom. The molecule has 0 aromatic rings. The van der Waals surface area contributed by atoms with Crippen LogP contribution in [0, 0.1) is 5.92 Å². The highest BCUT2D eigenvalue weighted by Crippen LogP contribution is 2.57. The maximum atomic E-state index is 10.8. The van der Waals surface area contributed by atoms with Gasteiger partial charge in [-0.1, -0.05) is 33.1 Å². The highest BCUT2D eigenvalue weighted by Gasteiger charge is 2.11. The van der Waals surface area contributed by atoms with Crippen LogP contribution < -0.4 is 0 Å². The van der Waals surface area contributed by atoms with Gasteiger partial charge in [0.2, 0.25) is 0 Å². The van der Waals surface area contributed by atoms with E-state index in [1.54, 1.807) is 0 Å². The SMILES string of the molecule is CC(C)CCCCCP(=O)(Cl)Cl. The van der Waals surface area contributed by atoms with Crippen molar-refractivity contribution in [3.63, 3.8) is 0 Å². The molecule has 1 nitrogen and oxygen atoms in total. The van der Waals surface area contributed by atoms with Crippen LogP contribution in [0.5, 0.6) is 0 Å². The molecule has 0 heterocycles. The highest BCUT2D eigenvalue weighted by molar-refractivity contribution is 8.08. The largest absolute Gasteiger partial charge is 0.289 e. The minimum atomic E-state index is -2.79. The average Bonchev–Trinajstić information content (AvgIpc) is 1.83. The second kappa shape index (κ2) is 6.29. The topological polar surface area (TPSA) is 17.1 Å². The molecule has 0 bridgehead atoms. The lowest BCUT2D eigenvalue weighted by atomic mass is 10.1. The summed E-state index contributed by atoms with van der Waals surface area (Å²) in [5.41, 5.74) is 0. The minimum Gasteiger partial charge on any atom is -0.289 e. The van der Waals surface area contributed by atoms with Crippen LogP contribution in [-0.2, 0) is 4.57 Å². The van der Waals surface area contributed by atoms with E-state index >= 15 is 0 Å². The highest BCUT2D eigenvalue weighted by atomic mass is 35.9. The van der Waals surface area contributed by atoms with Crippen molar-refractivity contribution in [2.75, 3.05) is 6.16 Å². The van der Waals surface area contributed by atoms with Crippen molar-refractivity contribution in [1.29, 1.82) is 0 Å². The molecule has 0 aliphatic heterocycles. The molecule has 0 radical (unpaired) electrons. The Kier molecular flexibility index (Phi) is 6.72. The monoisotopic (exact) mass is 230 g/mol. The predicted molar refractivity (Wildman–Crippen MR) is 57.5 cm³/mol. The molecular weight excluding hydrogens is 214 g/mol. The van der Waals surface area contributed by atoms with Crippen molar-refractivity contribution in [3.05, 3.63) is 0 Å². The van der Waals surface area contributed by atoms with Gasteiger partial charge in [-0.2, -0.15) is 0 Å². The van der Waals surface area contributed by atoms with E-state index in [0.717, 1.165) is 18.8 Å². The molecule has 0 N–H and O–H groups in total.